The fraction of sp³-hybridized carbons (Fsp3) is 0.719. The van der Waals surface area contributed by atoms with Gasteiger partial charge in [0.1, 0.15) is 12.2 Å². The molecule has 6 nitrogen and oxygen atoms in total. The molecule has 0 spiro atoms. The Morgan fingerprint density at radius 1 is 0.977 bits per heavy atom. The molecule has 1 saturated heterocycles. The first kappa shape index (κ1) is 35.7. The third kappa shape index (κ3) is 6.88. The van der Waals surface area contributed by atoms with E-state index in [4.69, 9.17) is 9.47 Å². The number of carbonyl (C=O) groups is 3. The Labute approximate surface area is 254 Å². The number of hydrogen-bond donors (Lipinski definition) is 0. The van der Waals surface area contributed by atoms with Gasteiger partial charge in [0.2, 0.25) is 0 Å². The Kier molecular flexibility index (Phi) is 9.89. The number of alkyl halides is 6. The molecule has 0 radical (unpaired) electrons. The minimum absolute atomic E-state index is 0.0821. The van der Waals surface area contributed by atoms with Crippen molar-refractivity contribution in [3.8, 4) is 0 Å². The van der Waals surface area contributed by atoms with Crippen LogP contribution in [0.2, 0.25) is 0 Å². The molecule has 6 atom stereocenters. The first-order valence-electron chi connectivity index (χ1n) is 14.9. The van der Waals surface area contributed by atoms with Crippen LogP contribution in [0.25, 0.3) is 0 Å². The van der Waals surface area contributed by atoms with Crippen LogP contribution in [0, 0.1) is 22.7 Å². The normalized spacial score (nSPS) is 27.0. The van der Waals surface area contributed by atoms with E-state index >= 15 is 0 Å². The van der Waals surface area contributed by atoms with Crippen LogP contribution in [0.4, 0.5) is 26.3 Å². The topological polar surface area (TPSA) is 78.9 Å². The molecule has 0 aromatic heterocycles. The van der Waals surface area contributed by atoms with Crippen LogP contribution in [0.3, 0.4) is 0 Å². The lowest BCUT2D eigenvalue weighted by Crippen LogP contribution is -2.51. The second-order valence-electron chi connectivity index (χ2n) is 13.8. The first-order valence-corrected chi connectivity index (χ1v) is 14.9. The Morgan fingerprint density at radius 2 is 1.52 bits per heavy atom. The molecular formula is C32H42F6O6. The van der Waals surface area contributed by atoms with Crippen molar-refractivity contribution in [1.82, 2.24) is 0 Å². The highest BCUT2D eigenvalue weighted by Gasteiger charge is 2.76. The van der Waals surface area contributed by atoms with Crippen molar-refractivity contribution in [3.05, 3.63) is 35.4 Å². The average molecular weight is 637 g/mol. The number of fused-ring (bicyclic) bond motifs is 1. The zero-order valence-electron chi connectivity index (χ0n) is 26.3. The molecule has 44 heavy (non-hydrogen) atoms. The zero-order chi connectivity index (χ0) is 33.6. The summed E-state index contributed by atoms with van der Waals surface area (Å²) in [6.07, 6.45) is -16.8. The maximum Gasteiger partial charge on any atom is 0.434 e. The number of carbonyl (C=O) groups excluding carboxylic acids is 3. The Bertz CT molecular complexity index is 1200. The second kappa shape index (κ2) is 12.2. The largest absolute Gasteiger partial charge is 0.458 e. The van der Waals surface area contributed by atoms with Crippen molar-refractivity contribution in [2.75, 3.05) is 0 Å². The molecule has 0 amide bonds. The lowest BCUT2D eigenvalue weighted by atomic mass is 9.73. The van der Waals surface area contributed by atoms with Gasteiger partial charge in [0, 0.05) is 11.8 Å². The zero-order valence-corrected chi connectivity index (χ0v) is 26.3. The van der Waals surface area contributed by atoms with Crippen molar-refractivity contribution >= 4 is 17.9 Å². The van der Waals surface area contributed by atoms with Gasteiger partial charge in [-0.2, -0.15) is 26.3 Å². The molecule has 4 rings (SSSR count). The monoisotopic (exact) mass is 636 g/mol. The van der Waals surface area contributed by atoms with Crippen molar-refractivity contribution in [2.45, 2.75) is 123 Å². The molecule has 12 heteroatoms. The van der Waals surface area contributed by atoms with Gasteiger partial charge in [0.05, 0.1) is 5.41 Å². The van der Waals surface area contributed by atoms with Crippen molar-refractivity contribution in [2.24, 2.45) is 22.7 Å². The summed E-state index contributed by atoms with van der Waals surface area (Å²) in [7, 11) is 0. The Balaban J connectivity index is 0.000000317. The minimum Gasteiger partial charge on any atom is -0.458 e. The van der Waals surface area contributed by atoms with Gasteiger partial charge in [-0.25, -0.2) is 0 Å². The van der Waals surface area contributed by atoms with Gasteiger partial charge >= 0.3 is 30.3 Å². The first-order chi connectivity index (χ1) is 20.0. The summed E-state index contributed by atoms with van der Waals surface area (Å²) in [6.45, 7) is 16.3. The Morgan fingerprint density at radius 3 is 1.98 bits per heavy atom. The van der Waals surface area contributed by atoms with Gasteiger partial charge in [-0.15, -0.1) is 0 Å². The van der Waals surface area contributed by atoms with E-state index in [0.29, 0.717) is 12.3 Å². The molecule has 1 aromatic carbocycles. The highest BCUT2D eigenvalue weighted by atomic mass is 19.4. The predicted molar refractivity (Wildman–Crippen MR) is 148 cm³/mol. The number of halogens is 6. The SMILES string of the molecule is CCC(C)(C)C(=O)OC1C2CC3C1OC(=O)C3(C(=O)OC(C(F)(F)F)C(F)(F)F)C2.CCC(C)c1ccc(C(C)(C)C)cc1. The van der Waals surface area contributed by atoms with Gasteiger partial charge < -0.3 is 14.2 Å². The van der Waals surface area contributed by atoms with Crippen LogP contribution in [-0.4, -0.2) is 48.6 Å². The lowest BCUT2D eigenvalue weighted by Gasteiger charge is -2.33. The van der Waals surface area contributed by atoms with Gasteiger partial charge in [-0.1, -0.05) is 65.8 Å². The summed E-state index contributed by atoms with van der Waals surface area (Å²) in [4.78, 5) is 37.2. The molecule has 2 saturated carbocycles. The minimum atomic E-state index is -5.89. The number of benzene rings is 1. The second-order valence-corrected chi connectivity index (χ2v) is 13.8. The summed E-state index contributed by atoms with van der Waals surface area (Å²) in [6, 6.07) is 9.08. The van der Waals surface area contributed by atoms with E-state index in [2.05, 4.69) is 63.6 Å². The van der Waals surface area contributed by atoms with E-state index in [0.717, 1.165) is 0 Å². The summed E-state index contributed by atoms with van der Waals surface area (Å²) in [5.74, 6) is -4.70. The molecule has 248 valence electrons. The van der Waals surface area contributed by atoms with Gasteiger partial charge in [0.15, 0.2) is 5.41 Å². The van der Waals surface area contributed by atoms with E-state index in [-0.39, 0.29) is 11.8 Å². The highest BCUT2D eigenvalue weighted by Crippen LogP contribution is 2.63. The van der Waals surface area contributed by atoms with Gasteiger partial charge in [-0.05, 0) is 62.0 Å². The predicted octanol–water partition coefficient (Wildman–Crippen LogP) is 7.82. The standard InChI is InChI=1S/C18H20F6O6.C14H22/c1-4-15(2,3)12(25)28-9-7-5-8-10(9)29-13(26)16(8,6-7)14(27)30-11(17(19,20)21)18(22,23)24;1-6-11(2)12-7-9-13(10-8-12)14(3,4)5/h7-11H,4-6H2,1-3H3;7-11H,6H2,1-5H3. The highest BCUT2D eigenvalue weighted by molar-refractivity contribution is 6.03. The number of hydrogen-bond acceptors (Lipinski definition) is 6. The molecule has 3 fully saturated rings. The van der Waals surface area contributed by atoms with E-state index < -0.39 is 77.7 Å². The summed E-state index contributed by atoms with van der Waals surface area (Å²) >= 11 is 0. The smallest absolute Gasteiger partial charge is 0.434 e. The number of ether oxygens (including phenoxy) is 3. The van der Waals surface area contributed by atoms with Crippen molar-refractivity contribution < 1.29 is 54.9 Å². The quantitative estimate of drug-likeness (QED) is 0.131. The fourth-order valence-corrected chi connectivity index (χ4v) is 5.94. The molecule has 3 aliphatic rings. The molecule has 0 N–H and O–H groups in total. The van der Waals surface area contributed by atoms with Gasteiger partial charge in [0.25, 0.3) is 6.10 Å². The summed E-state index contributed by atoms with van der Waals surface area (Å²) in [5.41, 5.74) is 0.0546. The molecular weight excluding hydrogens is 594 g/mol. The van der Waals surface area contributed by atoms with E-state index in [9.17, 15) is 40.7 Å². The van der Waals surface area contributed by atoms with Crippen LogP contribution in [0.15, 0.2) is 24.3 Å². The van der Waals surface area contributed by atoms with E-state index in [1.165, 1.54) is 17.5 Å². The molecule has 6 unspecified atom stereocenters. The molecule has 2 bridgehead atoms. The maximum atomic E-state index is 12.8. The molecule has 2 aliphatic carbocycles. The molecule has 1 aromatic rings. The molecule has 1 aliphatic heterocycles. The fourth-order valence-electron chi connectivity index (χ4n) is 5.94. The maximum absolute atomic E-state index is 12.8. The van der Waals surface area contributed by atoms with Crippen molar-refractivity contribution in [1.29, 1.82) is 0 Å². The van der Waals surface area contributed by atoms with Gasteiger partial charge in [-0.3, -0.25) is 14.4 Å². The van der Waals surface area contributed by atoms with E-state index in [1.807, 2.05) is 0 Å². The van der Waals surface area contributed by atoms with Crippen molar-refractivity contribution in [3.63, 3.8) is 0 Å². The lowest BCUT2D eigenvalue weighted by molar-refractivity contribution is -0.315. The van der Waals surface area contributed by atoms with E-state index in [1.54, 1.807) is 20.8 Å². The Hall–Kier alpha value is -2.79. The van der Waals surface area contributed by atoms with Crippen LogP contribution in [-0.2, 0) is 34.0 Å². The van der Waals surface area contributed by atoms with Crippen LogP contribution in [0.5, 0.6) is 0 Å². The van der Waals surface area contributed by atoms with Crippen LogP contribution >= 0.6 is 0 Å². The molecule has 1 heterocycles. The van der Waals surface area contributed by atoms with Crippen LogP contribution in [0.1, 0.15) is 98.1 Å². The number of rotatable bonds is 7. The van der Waals surface area contributed by atoms with Crippen LogP contribution < -0.4 is 0 Å². The third-order valence-electron chi connectivity index (χ3n) is 9.39. The third-order valence-corrected chi connectivity index (χ3v) is 9.39. The summed E-state index contributed by atoms with van der Waals surface area (Å²) in [5, 5.41) is 0. The number of esters is 3. The average Bonchev–Trinajstić information content (AvgIpc) is 3.52. The summed E-state index contributed by atoms with van der Waals surface area (Å²) < 4.78 is 91.0.